The van der Waals surface area contributed by atoms with E-state index in [1.807, 2.05) is 20.8 Å². The highest BCUT2D eigenvalue weighted by Crippen LogP contribution is 2.17. The van der Waals surface area contributed by atoms with Gasteiger partial charge in [0.15, 0.2) is 0 Å². The summed E-state index contributed by atoms with van der Waals surface area (Å²) >= 11 is 0. The van der Waals surface area contributed by atoms with Crippen LogP contribution in [0.3, 0.4) is 0 Å². The normalized spacial score (nSPS) is 13.4. The standard InChI is InChI=1S/C7H13NO2/c1-6(8(9)10)5-7(2,3)4/h5H,1-4H3/b6-5+. The largest absolute Gasteiger partial charge is 0.259 e. The van der Waals surface area contributed by atoms with Crippen molar-refractivity contribution in [3.05, 3.63) is 21.9 Å². The fourth-order valence-corrected chi connectivity index (χ4v) is 0.679. The maximum absolute atomic E-state index is 10.1. The van der Waals surface area contributed by atoms with E-state index in [4.69, 9.17) is 0 Å². The van der Waals surface area contributed by atoms with Crippen molar-refractivity contribution in [1.82, 2.24) is 0 Å². The van der Waals surface area contributed by atoms with Crippen LogP contribution in [0.5, 0.6) is 0 Å². The lowest BCUT2D eigenvalue weighted by atomic mass is 9.96. The summed E-state index contributed by atoms with van der Waals surface area (Å²) in [5.41, 5.74) is 0.115. The van der Waals surface area contributed by atoms with E-state index in [-0.39, 0.29) is 16.0 Å². The zero-order valence-corrected chi connectivity index (χ0v) is 6.84. The second-order valence-corrected chi connectivity index (χ2v) is 3.41. The summed E-state index contributed by atoms with van der Waals surface area (Å²) in [5, 5.41) is 10.1. The van der Waals surface area contributed by atoms with Crippen molar-refractivity contribution in [3.63, 3.8) is 0 Å². The maximum atomic E-state index is 10.1. The molecule has 0 unspecified atom stereocenters. The Hall–Kier alpha value is -0.860. The molecule has 0 bridgehead atoms. The van der Waals surface area contributed by atoms with Crippen LogP contribution in [0.15, 0.2) is 11.8 Å². The van der Waals surface area contributed by atoms with Gasteiger partial charge in [0.1, 0.15) is 0 Å². The molecule has 0 rings (SSSR count). The fourth-order valence-electron chi connectivity index (χ4n) is 0.679. The molecule has 0 aliphatic heterocycles. The lowest BCUT2D eigenvalue weighted by Gasteiger charge is -2.09. The van der Waals surface area contributed by atoms with Crippen LogP contribution in [0, 0.1) is 15.5 Å². The predicted molar refractivity (Wildman–Crippen MR) is 40.2 cm³/mol. The number of rotatable bonds is 1. The summed E-state index contributed by atoms with van der Waals surface area (Å²) < 4.78 is 0. The highest BCUT2D eigenvalue weighted by atomic mass is 16.6. The van der Waals surface area contributed by atoms with Gasteiger partial charge in [0.25, 0.3) is 0 Å². The summed E-state index contributed by atoms with van der Waals surface area (Å²) in [4.78, 5) is 9.74. The number of nitrogens with zero attached hydrogens (tertiary/aromatic N) is 1. The van der Waals surface area contributed by atoms with Gasteiger partial charge in [0.2, 0.25) is 5.70 Å². The minimum Gasteiger partial charge on any atom is -0.259 e. The second kappa shape index (κ2) is 2.82. The van der Waals surface area contributed by atoms with E-state index in [0.29, 0.717) is 0 Å². The molecule has 0 aromatic rings. The van der Waals surface area contributed by atoms with E-state index in [1.165, 1.54) is 6.92 Å². The Bertz CT molecular complexity index is 165. The van der Waals surface area contributed by atoms with Crippen molar-refractivity contribution in [3.8, 4) is 0 Å². The Morgan fingerprint density at radius 2 is 1.90 bits per heavy atom. The van der Waals surface area contributed by atoms with Gasteiger partial charge in [0.05, 0.1) is 4.92 Å². The quantitative estimate of drug-likeness (QED) is 0.417. The van der Waals surface area contributed by atoms with Gasteiger partial charge in [-0.1, -0.05) is 20.8 Å². The van der Waals surface area contributed by atoms with Gasteiger partial charge in [-0.05, 0) is 11.5 Å². The van der Waals surface area contributed by atoms with Crippen LogP contribution in [0.25, 0.3) is 0 Å². The van der Waals surface area contributed by atoms with Crippen molar-refractivity contribution in [1.29, 1.82) is 0 Å². The van der Waals surface area contributed by atoms with Crippen LogP contribution >= 0.6 is 0 Å². The molecule has 10 heavy (non-hydrogen) atoms. The van der Waals surface area contributed by atoms with Crippen molar-refractivity contribution < 1.29 is 4.92 Å². The first-order chi connectivity index (χ1) is 4.33. The van der Waals surface area contributed by atoms with Crippen LogP contribution < -0.4 is 0 Å². The molecule has 0 spiro atoms. The number of allylic oxidation sites excluding steroid dienone is 2. The van der Waals surface area contributed by atoms with E-state index in [1.54, 1.807) is 6.08 Å². The molecule has 3 nitrogen and oxygen atoms in total. The van der Waals surface area contributed by atoms with Gasteiger partial charge in [0, 0.05) is 6.92 Å². The first-order valence-electron chi connectivity index (χ1n) is 3.17. The Balaban J connectivity index is 4.32. The van der Waals surface area contributed by atoms with Crippen molar-refractivity contribution in [2.45, 2.75) is 27.7 Å². The number of hydrogen-bond acceptors (Lipinski definition) is 2. The van der Waals surface area contributed by atoms with Gasteiger partial charge in [-0.2, -0.15) is 0 Å². The van der Waals surface area contributed by atoms with Crippen LogP contribution in [-0.4, -0.2) is 4.92 Å². The lowest BCUT2D eigenvalue weighted by Crippen LogP contribution is -2.04. The minimum atomic E-state index is -0.370. The molecule has 0 aromatic heterocycles. The molecule has 0 saturated carbocycles. The van der Waals surface area contributed by atoms with Gasteiger partial charge < -0.3 is 0 Å². The zero-order valence-electron chi connectivity index (χ0n) is 6.84. The lowest BCUT2D eigenvalue weighted by molar-refractivity contribution is -0.425. The van der Waals surface area contributed by atoms with Gasteiger partial charge in [-0.15, -0.1) is 0 Å². The molecule has 58 valence electrons. The van der Waals surface area contributed by atoms with Crippen molar-refractivity contribution >= 4 is 0 Å². The molecule has 0 atom stereocenters. The summed E-state index contributed by atoms with van der Waals surface area (Å²) in [6, 6.07) is 0. The molecule has 0 N–H and O–H groups in total. The Morgan fingerprint density at radius 1 is 1.50 bits per heavy atom. The van der Waals surface area contributed by atoms with Crippen molar-refractivity contribution in [2.24, 2.45) is 5.41 Å². The van der Waals surface area contributed by atoms with Gasteiger partial charge in [-0.3, -0.25) is 10.1 Å². The Kier molecular flexibility index (Phi) is 2.57. The third kappa shape index (κ3) is 4.06. The highest BCUT2D eigenvalue weighted by Gasteiger charge is 2.11. The molecule has 0 radical (unpaired) electrons. The van der Waals surface area contributed by atoms with Crippen LogP contribution in [-0.2, 0) is 0 Å². The Labute approximate surface area is 60.9 Å². The smallest absolute Gasteiger partial charge is 0.239 e. The van der Waals surface area contributed by atoms with Gasteiger partial charge in [-0.25, -0.2) is 0 Å². The summed E-state index contributed by atoms with van der Waals surface area (Å²) in [7, 11) is 0. The zero-order chi connectivity index (χ0) is 8.36. The molecular formula is C7H13NO2. The molecular weight excluding hydrogens is 130 g/mol. The van der Waals surface area contributed by atoms with Crippen LogP contribution in [0.1, 0.15) is 27.7 Å². The average Bonchev–Trinajstić information content (AvgIpc) is 1.60. The average molecular weight is 143 g/mol. The predicted octanol–water partition coefficient (Wildman–Crippen LogP) is 2.21. The third-order valence-electron chi connectivity index (χ3n) is 0.930. The molecule has 3 heteroatoms. The Morgan fingerprint density at radius 3 is 2.00 bits per heavy atom. The van der Waals surface area contributed by atoms with Crippen LogP contribution in [0.2, 0.25) is 0 Å². The number of nitro groups is 1. The molecule has 0 saturated heterocycles. The monoisotopic (exact) mass is 143 g/mol. The third-order valence-corrected chi connectivity index (χ3v) is 0.930. The topological polar surface area (TPSA) is 43.1 Å². The van der Waals surface area contributed by atoms with E-state index in [9.17, 15) is 10.1 Å². The highest BCUT2D eigenvalue weighted by molar-refractivity contribution is 4.95. The molecule has 0 heterocycles. The summed E-state index contributed by atoms with van der Waals surface area (Å²) in [6.45, 7) is 7.30. The van der Waals surface area contributed by atoms with Crippen molar-refractivity contribution in [2.75, 3.05) is 0 Å². The van der Waals surface area contributed by atoms with E-state index in [0.717, 1.165) is 0 Å². The molecule has 0 fully saturated rings. The molecule has 0 amide bonds. The van der Waals surface area contributed by atoms with E-state index >= 15 is 0 Å². The SMILES string of the molecule is C/C(=C\C(C)(C)C)[N+](=O)[O-]. The van der Waals surface area contributed by atoms with Crippen LogP contribution in [0.4, 0.5) is 0 Å². The second-order valence-electron chi connectivity index (χ2n) is 3.41. The number of hydrogen-bond donors (Lipinski definition) is 0. The minimum absolute atomic E-state index is 0.100. The van der Waals surface area contributed by atoms with Gasteiger partial charge >= 0.3 is 0 Å². The first kappa shape index (κ1) is 9.14. The first-order valence-corrected chi connectivity index (χ1v) is 3.17. The summed E-state index contributed by atoms with van der Waals surface area (Å²) in [6.07, 6.45) is 1.65. The van der Waals surface area contributed by atoms with E-state index in [2.05, 4.69) is 0 Å². The fraction of sp³-hybridized carbons (Fsp3) is 0.714. The molecule has 0 aliphatic rings. The molecule has 0 aromatic carbocycles. The summed E-state index contributed by atoms with van der Waals surface area (Å²) in [5.74, 6) is 0. The maximum Gasteiger partial charge on any atom is 0.239 e. The molecule has 0 aliphatic carbocycles. The van der Waals surface area contributed by atoms with E-state index < -0.39 is 0 Å².